The molecule has 1 N–H and O–H groups in total. The van der Waals surface area contributed by atoms with Crippen molar-refractivity contribution < 1.29 is 4.74 Å². The summed E-state index contributed by atoms with van der Waals surface area (Å²) >= 11 is 0. The van der Waals surface area contributed by atoms with Crippen LogP contribution in [0.15, 0.2) is 0 Å². The summed E-state index contributed by atoms with van der Waals surface area (Å²) in [4.78, 5) is 0. The van der Waals surface area contributed by atoms with Gasteiger partial charge in [0.25, 0.3) is 0 Å². The second-order valence-corrected chi connectivity index (χ2v) is 4.72. The second-order valence-electron chi connectivity index (χ2n) is 4.72. The third-order valence-electron chi connectivity index (χ3n) is 4.37. The summed E-state index contributed by atoms with van der Waals surface area (Å²) in [7, 11) is 3.92. The summed E-state index contributed by atoms with van der Waals surface area (Å²) < 4.78 is 5.83. The Morgan fingerprint density at radius 3 is 2.23 bits per heavy atom. The van der Waals surface area contributed by atoms with Gasteiger partial charge >= 0.3 is 0 Å². The molecule has 0 amide bonds. The van der Waals surface area contributed by atoms with Crippen molar-refractivity contribution in [3.63, 3.8) is 0 Å². The molecular formula is C11H21NO. The van der Waals surface area contributed by atoms with Gasteiger partial charge in [-0.3, -0.25) is 0 Å². The molecule has 1 atom stereocenters. The van der Waals surface area contributed by atoms with E-state index in [0.717, 1.165) is 6.54 Å². The minimum atomic E-state index is 0.167. The molecule has 0 saturated heterocycles. The molecule has 0 radical (unpaired) electrons. The topological polar surface area (TPSA) is 21.3 Å². The van der Waals surface area contributed by atoms with E-state index < -0.39 is 0 Å². The van der Waals surface area contributed by atoms with E-state index in [1.54, 1.807) is 0 Å². The van der Waals surface area contributed by atoms with E-state index in [9.17, 15) is 0 Å². The van der Waals surface area contributed by atoms with Crippen LogP contribution in [0.5, 0.6) is 0 Å². The Kier molecular flexibility index (Phi) is 2.37. The van der Waals surface area contributed by atoms with E-state index in [4.69, 9.17) is 4.74 Å². The van der Waals surface area contributed by atoms with Gasteiger partial charge in [0.1, 0.15) is 0 Å². The standard InChI is InChI=1S/C11H21NO/c1-12-9-11(13-2)8-4-7-10(11)5-3-6-10/h12H,3-9H2,1-2H3. The third-order valence-corrected chi connectivity index (χ3v) is 4.37. The van der Waals surface area contributed by atoms with Crippen LogP contribution in [0, 0.1) is 5.41 Å². The Balaban J connectivity index is 2.16. The smallest absolute Gasteiger partial charge is 0.0858 e. The molecule has 0 heterocycles. The van der Waals surface area contributed by atoms with Gasteiger partial charge in [-0.15, -0.1) is 0 Å². The normalized spacial score (nSPS) is 36.5. The van der Waals surface area contributed by atoms with E-state index in [1.165, 1.54) is 38.5 Å². The first-order chi connectivity index (χ1) is 6.29. The van der Waals surface area contributed by atoms with Crippen LogP contribution in [0.4, 0.5) is 0 Å². The van der Waals surface area contributed by atoms with Crippen LogP contribution in [0.25, 0.3) is 0 Å². The molecule has 0 aromatic carbocycles. The Morgan fingerprint density at radius 2 is 1.77 bits per heavy atom. The van der Waals surface area contributed by atoms with Crippen molar-refractivity contribution in [2.24, 2.45) is 5.41 Å². The van der Waals surface area contributed by atoms with E-state index >= 15 is 0 Å². The number of nitrogens with one attached hydrogen (secondary N) is 1. The quantitative estimate of drug-likeness (QED) is 0.722. The molecular weight excluding hydrogens is 162 g/mol. The van der Waals surface area contributed by atoms with Crippen LogP contribution in [-0.4, -0.2) is 26.3 Å². The molecule has 13 heavy (non-hydrogen) atoms. The molecule has 0 bridgehead atoms. The zero-order chi connectivity index (χ0) is 9.36. The van der Waals surface area contributed by atoms with Crippen molar-refractivity contribution >= 4 is 0 Å². The van der Waals surface area contributed by atoms with Crippen LogP contribution in [0.1, 0.15) is 38.5 Å². The molecule has 0 aromatic heterocycles. The van der Waals surface area contributed by atoms with Crippen LogP contribution in [-0.2, 0) is 4.74 Å². The first-order valence-corrected chi connectivity index (χ1v) is 5.48. The molecule has 76 valence electrons. The minimum Gasteiger partial charge on any atom is -0.376 e. The highest BCUT2D eigenvalue weighted by Crippen LogP contribution is 2.59. The lowest BCUT2D eigenvalue weighted by Gasteiger charge is -2.51. The summed E-state index contributed by atoms with van der Waals surface area (Å²) in [6.07, 6.45) is 8.20. The lowest BCUT2D eigenvalue weighted by atomic mass is 9.60. The highest BCUT2D eigenvalue weighted by Gasteiger charge is 2.57. The highest BCUT2D eigenvalue weighted by atomic mass is 16.5. The fourth-order valence-electron chi connectivity index (χ4n) is 3.47. The van der Waals surface area contributed by atoms with Crippen LogP contribution < -0.4 is 5.32 Å². The summed E-state index contributed by atoms with van der Waals surface area (Å²) in [6, 6.07) is 0. The highest BCUT2D eigenvalue weighted by molar-refractivity contribution is 5.09. The van der Waals surface area contributed by atoms with Gasteiger partial charge in [-0.1, -0.05) is 6.42 Å². The minimum absolute atomic E-state index is 0.167. The predicted molar refractivity (Wildman–Crippen MR) is 53.8 cm³/mol. The summed E-state index contributed by atoms with van der Waals surface area (Å²) in [5.41, 5.74) is 0.713. The summed E-state index contributed by atoms with van der Waals surface area (Å²) in [5.74, 6) is 0. The summed E-state index contributed by atoms with van der Waals surface area (Å²) in [6.45, 7) is 1.03. The zero-order valence-electron chi connectivity index (χ0n) is 8.86. The number of hydrogen-bond acceptors (Lipinski definition) is 2. The molecule has 2 saturated carbocycles. The van der Waals surface area contributed by atoms with Gasteiger partial charge in [-0.2, -0.15) is 0 Å². The molecule has 0 aromatic rings. The van der Waals surface area contributed by atoms with E-state index in [0.29, 0.717) is 5.41 Å². The molecule has 2 nitrogen and oxygen atoms in total. The van der Waals surface area contributed by atoms with Gasteiger partial charge in [-0.05, 0) is 39.2 Å². The van der Waals surface area contributed by atoms with Gasteiger partial charge in [0, 0.05) is 19.1 Å². The molecule has 0 aliphatic heterocycles. The van der Waals surface area contributed by atoms with Crippen LogP contribution in [0.2, 0.25) is 0 Å². The van der Waals surface area contributed by atoms with Crippen molar-refractivity contribution in [2.75, 3.05) is 20.7 Å². The largest absolute Gasteiger partial charge is 0.376 e. The number of rotatable bonds is 3. The Morgan fingerprint density at radius 1 is 1.15 bits per heavy atom. The van der Waals surface area contributed by atoms with Crippen molar-refractivity contribution in [3.8, 4) is 0 Å². The first kappa shape index (κ1) is 9.47. The van der Waals surface area contributed by atoms with Crippen LogP contribution in [0.3, 0.4) is 0 Å². The maximum absolute atomic E-state index is 5.83. The number of likely N-dealkylation sites (N-methyl/N-ethyl adjacent to an activating group) is 1. The average molecular weight is 183 g/mol. The van der Waals surface area contributed by atoms with Crippen molar-refractivity contribution in [2.45, 2.75) is 44.1 Å². The van der Waals surface area contributed by atoms with Gasteiger partial charge < -0.3 is 10.1 Å². The van der Waals surface area contributed by atoms with E-state index in [2.05, 4.69) is 5.32 Å². The molecule has 1 unspecified atom stereocenters. The van der Waals surface area contributed by atoms with E-state index in [1.807, 2.05) is 14.2 Å². The number of methoxy groups -OCH3 is 1. The van der Waals surface area contributed by atoms with E-state index in [-0.39, 0.29) is 5.60 Å². The van der Waals surface area contributed by atoms with Crippen molar-refractivity contribution in [3.05, 3.63) is 0 Å². The average Bonchev–Trinajstić information content (AvgIpc) is 2.44. The second kappa shape index (κ2) is 3.25. The summed E-state index contributed by atoms with van der Waals surface area (Å²) in [5, 5.41) is 3.30. The maximum atomic E-state index is 5.83. The predicted octanol–water partition coefficient (Wildman–Crippen LogP) is 1.95. The number of ether oxygens (including phenoxy) is 1. The molecule has 2 fully saturated rings. The van der Waals surface area contributed by atoms with Gasteiger partial charge in [0.05, 0.1) is 5.60 Å². The molecule has 2 aliphatic carbocycles. The molecule has 2 aliphatic rings. The van der Waals surface area contributed by atoms with Crippen molar-refractivity contribution in [1.82, 2.24) is 5.32 Å². The Labute approximate surface area is 81.0 Å². The zero-order valence-corrected chi connectivity index (χ0v) is 8.86. The maximum Gasteiger partial charge on any atom is 0.0858 e. The SMILES string of the molecule is CNCC1(OC)CCCC12CCC2. The lowest BCUT2D eigenvalue weighted by molar-refractivity contribution is -0.126. The lowest BCUT2D eigenvalue weighted by Crippen LogP contribution is -2.55. The molecule has 2 rings (SSSR count). The van der Waals surface area contributed by atoms with Gasteiger partial charge in [0.2, 0.25) is 0 Å². The Hall–Kier alpha value is -0.0800. The van der Waals surface area contributed by atoms with Crippen LogP contribution >= 0.6 is 0 Å². The number of hydrogen-bond donors (Lipinski definition) is 1. The molecule has 1 spiro atoms. The van der Waals surface area contributed by atoms with Crippen molar-refractivity contribution in [1.29, 1.82) is 0 Å². The Bertz CT molecular complexity index is 189. The fraction of sp³-hybridized carbons (Fsp3) is 1.00. The van der Waals surface area contributed by atoms with Gasteiger partial charge in [-0.25, -0.2) is 0 Å². The first-order valence-electron chi connectivity index (χ1n) is 5.48. The van der Waals surface area contributed by atoms with Gasteiger partial charge in [0.15, 0.2) is 0 Å². The monoisotopic (exact) mass is 183 g/mol. The molecule has 2 heteroatoms. The third kappa shape index (κ3) is 1.15. The fourth-order valence-corrected chi connectivity index (χ4v) is 3.47.